The molecule has 2 amide bonds. The number of hydrogen-bond acceptors (Lipinski definition) is 6. The molecule has 10 nitrogen and oxygen atoms in total. The van der Waals surface area contributed by atoms with Crippen LogP contribution in [0.25, 0.3) is 33.6 Å². The number of hydrogen-bond donors (Lipinski definition) is 4. The molecule has 0 spiro atoms. The third kappa shape index (κ3) is 8.09. The summed E-state index contributed by atoms with van der Waals surface area (Å²) in [4.78, 5) is 41.2. The lowest BCUT2D eigenvalue weighted by molar-refractivity contribution is 0.0488. The van der Waals surface area contributed by atoms with Crippen molar-refractivity contribution in [2.45, 2.75) is 115 Å². The Morgan fingerprint density at radius 1 is 0.604 bits per heavy atom. The lowest BCUT2D eigenvalue weighted by Crippen LogP contribution is -2.40. The molecule has 0 saturated heterocycles. The van der Waals surface area contributed by atoms with Crippen LogP contribution in [0.4, 0.5) is 9.59 Å². The molecule has 0 bridgehead atoms. The Balaban J connectivity index is 1.08. The number of benzene rings is 2. The maximum atomic E-state index is 12.4. The van der Waals surface area contributed by atoms with Gasteiger partial charge in [-0.15, -0.1) is 0 Å². The number of aromatic nitrogens is 4. The summed E-state index contributed by atoms with van der Waals surface area (Å²) in [5.41, 5.74) is 5.20. The lowest BCUT2D eigenvalue weighted by Gasteiger charge is -2.24. The van der Waals surface area contributed by atoms with Gasteiger partial charge in [0.15, 0.2) is 0 Å². The van der Waals surface area contributed by atoms with E-state index in [2.05, 4.69) is 69.1 Å². The summed E-state index contributed by atoms with van der Waals surface area (Å²) in [6.45, 7) is 11.2. The summed E-state index contributed by atoms with van der Waals surface area (Å²) in [6.07, 6.45) is 8.81. The van der Waals surface area contributed by atoms with E-state index in [1.165, 1.54) is 0 Å². The van der Waals surface area contributed by atoms with Crippen LogP contribution in [0.2, 0.25) is 0 Å². The van der Waals surface area contributed by atoms with Crippen molar-refractivity contribution in [3.05, 3.63) is 72.6 Å². The fourth-order valence-electron chi connectivity index (χ4n) is 6.87. The molecule has 48 heavy (non-hydrogen) atoms. The molecule has 2 aromatic heterocycles. The van der Waals surface area contributed by atoms with Crippen molar-refractivity contribution in [1.29, 1.82) is 0 Å². The number of H-pyrrole nitrogens is 2. The predicted molar refractivity (Wildman–Crippen MR) is 187 cm³/mol. The van der Waals surface area contributed by atoms with E-state index in [1.807, 2.05) is 53.9 Å². The zero-order valence-corrected chi connectivity index (χ0v) is 28.9. The lowest BCUT2D eigenvalue weighted by atomic mass is 10.0. The highest BCUT2D eigenvalue weighted by Gasteiger charge is 2.34. The Bertz CT molecular complexity index is 1580. The quantitative estimate of drug-likeness (QED) is 0.158. The smallest absolute Gasteiger partial charge is 0.407 e. The first-order valence-corrected chi connectivity index (χ1v) is 17.1. The SMILES string of the molecule is CC(C)(C)OC(=O)NC1CCC[C@H]1c1ncc(-c2ccc(-c3ccc(-c4cnc([C@@H]5CCC[C@@H]5NC(=O)OC(C)(C)C)[nH]4)cc3)cc2)[nH]1. The van der Waals surface area contributed by atoms with Crippen LogP contribution in [0.15, 0.2) is 60.9 Å². The number of nitrogens with one attached hydrogen (secondary N) is 4. The normalized spacial score (nSPS) is 21.2. The molecule has 4 atom stereocenters. The number of imidazole rings is 2. The molecule has 4 aromatic rings. The Morgan fingerprint density at radius 3 is 1.31 bits per heavy atom. The van der Waals surface area contributed by atoms with E-state index in [0.29, 0.717) is 0 Å². The van der Waals surface area contributed by atoms with Crippen LogP contribution < -0.4 is 10.6 Å². The van der Waals surface area contributed by atoms with E-state index in [9.17, 15) is 9.59 Å². The summed E-state index contributed by atoms with van der Waals surface area (Å²) in [6, 6.07) is 16.9. The second-order valence-corrected chi connectivity index (χ2v) is 15.1. The zero-order chi connectivity index (χ0) is 34.1. The van der Waals surface area contributed by atoms with Crippen molar-refractivity contribution in [3.8, 4) is 33.6 Å². The minimum atomic E-state index is -0.530. The molecule has 2 aliphatic carbocycles. The predicted octanol–water partition coefficient (Wildman–Crippen LogP) is 8.46. The maximum Gasteiger partial charge on any atom is 0.407 e. The monoisotopic (exact) mass is 652 g/mol. The molecular formula is C38H48N6O4. The molecule has 0 aliphatic heterocycles. The minimum Gasteiger partial charge on any atom is -0.444 e. The molecular weight excluding hydrogens is 604 g/mol. The molecule has 6 rings (SSSR count). The van der Waals surface area contributed by atoms with E-state index < -0.39 is 11.2 Å². The molecule has 1 unspecified atom stereocenters. The number of alkyl carbamates (subject to hydrolysis) is 2. The van der Waals surface area contributed by atoms with Gasteiger partial charge in [-0.1, -0.05) is 61.4 Å². The highest BCUT2D eigenvalue weighted by molar-refractivity contribution is 5.72. The van der Waals surface area contributed by atoms with Crippen LogP contribution in [0.3, 0.4) is 0 Å². The number of ether oxygens (including phenoxy) is 2. The van der Waals surface area contributed by atoms with Crippen LogP contribution in [-0.4, -0.2) is 55.4 Å². The summed E-state index contributed by atoms with van der Waals surface area (Å²) in [5, 5.41) is 6.11. The van der Waals surface area contributed by atoms with Gasteiger partial charge >= 0.3 is 12.2 Å². The van der Waals surface area contributed by atoms with Crippen LogP contribution in [0, 0.1) is 0 Å². The van der Waals surface area contributed by atoms with Gasteiger partial charge in [0.25, 0.3) is 0 Å². The zero-order valence-electron chi connectivity index (χ0n) is 28.9. The molecule has 2 aromatic carbocycles. The number of carbonyl (C=O) groups is 2. The Hall–Kier alpha value is -4.60. The molecule has 2 saturated carbocycles. The van der Waals surface area contributed by atoms with Gasteiger partial charge in [0.05, 0.1) is 23.8 Å². The van der Waals surface area contributed by atoms with E-state index in [0.717, 1.165) is 83.8 Å². The molecule has 0 radical (unpaired) electrons. The first-order chi connectivity index (χ1) is 22.8. The van der Waals surface area contributed by atoms with Gasteiger partial charge in [-0.25, -0.2) is 19.6 Å². The highest BCUT2D eigenvalue weighted by atomic mass is 16.6. The highest BCUT2D eigenvalue weighted by Crippen LogP contribution is 2.36. The Morgan fingerprint density at radius 2 is 0.958 bits per heavy atom. The summed E-state index contributed by atoms with van der Waals surface area (Å²) in [5.74, 6) is 2.05. The number of carbonyl (C=O) groups excluding carboxylic acids is 2. The van der Waals surface area contributed by atoms with Crippen LogP contribution in [0.5, 0.6) is 0 Å². The van der Waals surface area contributed by atoms with Crippen LogP contribution in [0.1, 0.15) is 104 Å². The minimum absolute atomic E-state index is 0.00154. The first-order valence-electron chi connectivity index (χ1n) is 17.1. The standard InChI is InChI=1S/C38H48N6O4/c1-37(2,3)47-35(45)43-29-11-7-9-27(29)33-39-21-31(41-33)25-17-13-23(14-18-25)24-15-19-26(20-16-24)32-22-40-34(42-32)28-10-8-12-30(28)44-36(46)48-38(4,5)6/h13-22,27-30H,7-12H2,1-6H3,(H,39,41)(H,40,42)(H,43,45)(H,44,46)/t27-,28-,29+,30?/m1/s1. The van der Waals surface area contributed by atoms with Gasteiger partial charge in [0.2, 0.25) is 0 Å². The van der Waals surface area contributed by atoms with Gasteiger partial charge in [-0.2, -0.15) is 0 Å². The number of nitrogens with zero attached hydrogens (tertiary/aromatic N) is 2. The average Bonchev–Trinajstić information content (AvgIpc) is 3.83. The second kappa shape index (κ2) is 13.5. The average molecular weight is 653 g/mol. The largest absolute Gasteiger partial charge is 0.444 e. The topological polar surface area (TPSA) is 134 Å². The molecule has 2 heterocycles. The Kier molecular flexibility index (Phi) is 9.36. The van der Waals surface area contributed by atoms with Crippen molar-refractivity contribution in [2.24, 2.45) is 0 Å². The van der Waals surface area contributed by atoms with Crippen LogP contribution >= 0.6 is 0 Å². The Labute approximate surface area is 282 Å². The van der Waals surface area contributed by atoms with Gasteiger partial charge in [0.1, 0.15) is 22.9 Å². The fourth-order valence-corrected chi connectivity index (χ4v) is 6.87. The van der Waals surface area contributed by atoms with Gasteiger partial charge in [0, 0.05) is 23.9 Å². The number of amides is 2. The van der Waals surface area contributed by atoms with E-state index in [1.54, 1.807) is 0 Å². The number of rotatable bonds is 7. The third-order valence-corrected chi connectivity index (χ3v) is 9.05. The van der Waals surface area contributed by atoms with Crippen LogP contribution in [-0.2, 0) is 9.47 Å². The van der Waals surface area contributed by atoms with E-state index in [-0.39, 0.29) is 36.1 Å². The molecule has 2 aliphatic rings. The fraction of sp³-hybridized carbons (Fsp3) is 0.474. The maximum absolute atomic E-state index is 12.4. The van der Waals surface area contributed by atoms with Crippen molar-refractivity contribution in [1.82, 2.24) is 30.6 Å². The van der Waals surface area contributed by atoms with E-state index in [4.69, 9.17) is 19.4 Å². The van der Waals surface area contributed by atoms with Gasteiger partial charge in [-0.3, -0.25) is 0 Å². The first kappa shape index (κ1) is 33.3. The van der Waals surface area contributed by atoms with Crippen molar-refractivity contribution in [2.75, 3.05) is 0 Å². The summed E-state index contributed by atoms with van der Waals surface area (Å²) >= 11 is 0. The molecule has 10 heteroatoms. The summed E-state index contributed by atoms with van der Waals surface area (Å²) < 4.78 is 11.0. The summed E-state index contributed by atoms with van der Waals surface area (Å²) in [7, 11) is 0. The van der Waals surface area contributed by atoms with Gasteiger partial charge in [-0.05, 0) is 89.5 Å². The van der Waals surface area contributed by atoms with Crippen molar-refractivity contribution >= 4 is 12.2 Å². The molecule has 254 valence electrons. The van der Waals surface area contributed by atoms with E-state index >= 15 is 0 Å². The third-order valence-electron chi connectivity index (χ3n) is 9.05. The second-order valence-electron chi connectivity index (χ2n) is 15.1. The van der Waals surface area contributed by atoms with Crippen molar-refractivity contribution in [3.63, 3.8) is 0 Å². The van der Waals surface area contributed by atoms with Crippen molar-refractivity contribution < 1.29 is 19.1 Å². The number of aromatic amines is 2. The van der Waals surface area contributed by atoms with Gasteiger partial charge < -0.3 is 30.1 Å². The molecule has 4 N–H and O–H groups in total. The molecule has 2 fully saturated rings.